The Labute approximate surface area is 142 Å². The zero-order valence-corrected chi connectivity index (χ0v) is 13.9. The summed E-state index contributed by atoms with van der Waals surface area (Å²) in [7, 11) is 0. The van der Waals surface area contributed by atoms with Crippen molar-refractivity contribution in [3.05, 3.63) is 69.7 Å². The van der Waals surface area contributed by atoms with E-state index in [1.165, 1.54) is 5.56 Å². The summed E-state index contributed by atoms with van der Waals surface area (Å²) in [6, 6.07) is 16.4. The molecule has 1 N–H and O–H groups in total. The van der Waals surface area contributed by atoms with E-state index in [-0.39, 0.29) is 6.04 Å². The van der Waals surface area contributed by atoms with Crippen molar-refractivity contribution in [3.8, 4) is 0 Å². The molecule has 22 heavy (non-hydrogen) atoms. The summed E-state index contributed by atoms with van der Waals surface area (Å²) in [5.74, 6) is 0. The molecule has 0 amide bonds. The molecule has 0 aliphatic carbocycles. The van der Waals surface area contributed by atoms with Crippen LogP contribution in [0.25, 0.3) is 0 Å². The standard InChI is InChI=1S/C18H20Cl2N2/c19-15-8-6-14(7-9-15)18(16-4-1-2-5-17(16)20)22-12-3-10-21-11-13-22/h1-2,4-9,18,21H,3,10-13H2. The second-order valence-electron chi connectivity index (χ2n) is 5.62. The number of nitrogens with zero attached hydrogens (tertiary/aromatic N) is 1. The Bertz CT molecular complexity index is 605. The average Bonchev–Trinajstić information content (AvgIpc) is 2.80. The summed E-state index contributed by atoms with van der Waals surface area (Å²) in [5, 5.41) is 5.05. The van der Waals surface area contributed by atoms with Crippen LogP contribution in [0.1, 0.15) is 23.6 Å². The molecule has 0 aromatic heterocycles. The Morgan fingerprint density at radius 2 is 1.68 bits per heavy atom. The van der Waals surface area contributed by atoms with E-state index in [4.69, 9.17) is 23.2 Å². The summed E-state index contributed by atoms with van der Waals surface area (Å²) >= 11 is 12.5. The van der Waals surface area contributed by atoms with E-state index < -0.39 is 0 Å². The molecule has 2 aromatic rings. The maximum Gasteiger partial charge on any atom is 0.0616 e. The maximum absolute atomic E-state index is 6.49. The van der Waals surface area contributed by atoms with Crippen LogP contribution in [0.5, 0.6) is 0 Å². The van der Waals surface area contributed by atoms with Gasteiger partial charge in [0.05, 0.1) is 6.04 Å². The van der Waals surface area contributed by atoms with Gasteiger partial charge < -0.3 is 5.32 Å². The van der Waals surface area contributed by atoms with E-state index in [2.05, 4.69) is 34.5 Å². The van der Waals surface area contributed by atoms with Crippen molar-refractivity contribution < 1.29 is 0 Å². The van der Waals surface area contributed by atoms with E-state index in [9.17, 15) is 0 Å². The Hall–Kier alpha value is -1.06. The summed E-state index contributed by atoms with van der Waals surface area (Å²) in [4.78, 5) is 2.50. The fourth-order valence-electron chi connectivity index (χ4n) is 3.05. The molecule has 0 spiro atoms. The highest BCUT2D eigenvalue weighted by Crippen LogP contribution is 2.34. The summed E-state index contributed by atoms with van der Waals surface area (Å²) in [6.45, 7) is 4.16. The number of halogens is 2. The van der Waals surface area contributed by atoms with E-state index in [1.54, 1.807) is 0 Å². The molecule has 1 atom stereocenters. The van der Waals surface area contributed by atoms with E-state index in [0.29, 0.717) is 0 Å². The third kappa shape index (κ3) is 3.64. The molecule has 1 aliphatic rings. The van der Waals surface area contributed by atoms with Gasteiger partial charge in [-0.15, -0.1) is 0 Å². The van der Waals surface area contributed by atoms with E-state index in [1.807, 2.05) is 24.3 Å². The first-order valence-electron chi connectivity index (χ1n) is 7.70. The highest BCUT2D eigenvalue weighted by atomic mass is 35.5. The fraction of sp³-hybridized carbons (Fsp3) is 0.333. The van der Waals surface area contributed by atoms with Crippen LogP contribution < -0.4 is 5.32 Å². The number of rotatable bonds is 3. The Morgan fingerprint density at radius 3 is 2.45 bits per heavy atom. The van der Waals surface area contributed by atoms with Gasteiger partial charge in [0.1, 0.15) is 0 Å². The molecular weight excluding hydrogens is 315 g/mol. The first-order chi connectivity index (χ1) is 10.8. The lowest BCUT2D eigenvalue weighted by molar-refractivity contribution is 0.241. The predicted molar refractivity (Wildman–Crippen MR) is 93.8 cm³/mol. The van der Waals surface area contributed by atoms with Gasteiger partial charge in [-0.05, 0) is 42.3 Å². The minimum atomic E-state index is 0.172. The van der Waals surface area contributed by atoms with Crippen LogP contribution in [0.3, 0.4) is 0 Å². The van der Waals surface area contributed by atoms with Crippen LogP contribution in [0, 0.1) is 0 Å². The van der Waals surface area contributed by atoms with Crippen LogP contribution >= 0.6 is 23.2 Å². The van der Waals surface area contributed by atoms with Gasteiger partial charge in [-0.1, -0.05) is 53.5 Å². The monoisotopic (exact) mass is 334 g/mol. The van der Waals surface area contributed by atoms with Crippen LogP contribution in [0.4, 0.5) is 0 Å². The van der Waals surface area contributed by atoms with Crippen LogP contribution in [0.15, 0.2) is 48.5 Å². The van der Waals surface area contributed by atoms with Gasteiger partial charge in [0, 0.05) is 29.7 Å². The Morgan fingerprint density at radius 1 is 0.909 bits per heavy atom. The molecule has 1 aliphatic heterocycles. The number of hydrogen-bond acceptors (Lipinski definition) is 2. The molecule has 2 aromatic carbocycles. The first kappa shape index (κ1) is 15.8. The molecule has 0 radical (unpaired) electrons. The van der Waals surface area contributed by atoms with Crippen LogP contribution in [0.2, 0.25) is 10.0 Å². The second-order valence-corrected chi connectivity index (χ2v) is 6.46. The Balaban J connectivity index is 2.01. The molecule has 3 rings (SSSR count). The van der Waals surface area contributed by atoms with Gasteiger partial charge >= 0.3 is 0 Å². The minimum absolute atomic E-state index is 0.172. The van der Waals surface area contributed by atoms with Crippen molar-refractivity contribution in [2.75, 3.05) is 26.2 Å². The lowest BCUT2D eigenvalue weighted by Crippen LogP contribution is -2.33. The highest BCUT2D eigenvalue weighted by Gasteiger charge is 2.24. The highest BCUT2D eigenvalue weighted by molar-refractivity contribution is 6.31. The smallest absolute Gasteiger partial charge is 0.0616 e. The molecule has 0 saturated carbocycles. The number of benzene rings is 2. The van der Waals surface area contributed by atoms with Gasteiger partial charge in [0.25, 0.3) is 0 Å². The zero-order chi connectivity index (χ0) is 15.4. The van der Waals surface area contributed by atoms with Crippen molar-refractivity contribution in [2.24, 2.45) is 0 Å². The maximum atomic E-state index is 6.49. The first-order valence-corrected chi connectivity index (χ1v) is 8.46. The summed E-state index contributed by atoms with van der Waals surface area (Å²) in [6.07, 6.45) is 1.15. The SMILES string of the molecule is Clc1ccc(C(c2ccccc2Cl)N2CCCNCC2)cc1. The predicted octanol–water partition coefficient (Wildman–Crippen LogP) is 4.38. The third-order valence-electron chi connectivity index (χ3n) is 4.13. The fourth-order valence-corrected chi connectivity index (χ4v) is 3.42. The zero-order valence-electron chi connectivity index (χ0n) is 12.4. The van der Waals surface area contributed by atoms with Crippen molar-refractivity contribution >= 4 is 23.2 Å². The van der Waals surface area contributed by atoms with Crippen molar-refractivity contribution in [3.63, 3.8) is 0 Å². The van der Waals surface area contributed by atoms with Gasteiger partial charge in [-0.2, -0.15) is 0 Å². The molecule has 116 valence electrons. The molecule has 1 saturated heterocycles. The molecule has 2 nitrogen and oxygen atoms in total. The third-order valence-corrected chi connectivity index (χ3v) is 4.72. The molecule has 1 unspecified atom stereocenters. The largest absolute Gasteiger partial charge is 0.315 e. The molecule has 0 bridgehead atoms. The lowest BCUT2D eigenvalue weighted by atomic mass is 9.96. The molecular formula is C18H20Cl2N2. The quantitative estimate of drug-likeness (QED) is 0.896. The van der Waals surface area contributed by atoms with Gasteiger partial charge in [0.15, 0.2) is 0 Å². The van der Waals surface area contributed by atoms with Crippen molar-refractivity contribution in [1.29, 1.82) is 0 Å². The van der Waals surface area contributed by atoms with Crippen molar-refractivity contribution in [2.45, 2.75) is 12.5 Å². The molecule has 4 heteroatoms. The summed E-state index contributed by atoms with van der Waals surface area (Å²) in [5.41, 5.74) is 2.40. The van der Waals surface area contributed by atoms with E-state index >= 15 is 0 Å². The van der Waals surface area contributed by atoms with Crippen molar-refractivity contribution in [1.82, 2.24) is 10.2 Å². The number of hydrogen-bond donors (Lipinski definition) is 1. The normalized spacial score (nSPS) is 17.9. The van der Waals surface area contributed by atoms with Crippen LogP contribution in [-0.2, 0) is 0 Å². The lowest BCUT2D eigenvalue weighted by Gasteiger charge is -2.32. The van der Waals surface area contributed by atoms with Gasteiger partial charge in [0.2, 0.25) is 0 Å². The topological polar surface area (TPSA) is 15.3 Å². The van der Waals surface area contributed by atoms with Gasteiger partial charge in [-0.25, -0.2) is 0 Å². The van der Waals surface area contributed by atoms with Gasteiger partial charge in [-0.3, -0.25) is 4.90 Å². The summed E-state index contributed by atoms with van der Waals surface area (Å²) < 4.78 is 0. The average molecular weight is 335 g/mol. The second kappa shape index (κ2) is 7.47. The van der Waals surface area contributed by atoms with Crippen LogP contribution in [-0.4, -0.2) is 31.1 Å². The minimum Gasteiger partial charge on any atom is -0.315 e. The number of nitrogens with one attached hydrogen (secondary N) is 1. The molecule has 1 fully saturated rings. The molecule has 1 heterocycles. The Kier molecular flexibility index (Phi) is 5.37. The van der Waals surface area contributed by atoms with E-state index in [0.717, 1.165) is 48.2 Å².